The molecule has 94 valence electrons. The van der Waals surface area contributed by atoms with Crippen LogP contribution in [-0.4, -0.2) is 4.92 Å². The molecule has 0 aliphatic carbocycles. The van der Waals surface area contributed by atoms with Crippen LogP contribution in [0.3, 0.4) is 0 Å². The van der Waals surface area contributed by atoms with E-state index in [-0.39, 0.29) is 11.3 Å². The largest absolute Gasteiger partial charge is 0.294 e. The predicted octanol–water partition coefficient (Wildman–Crippen LogP) is 3.75. The highest BCUT2D eigenvalue weighted by atomic mass is 16.6. The second-order valence-electron chi connectivity index (χ2n) is 4.45. The van der Waals surface area contributed by atoms with Gasteiger partial charge in [0.2, 0.25) is 0 Å². The van der Waals surface area contributed by atoms with E-state index in [9.17, 15) is 10.1 Å². The number of para-hydroxylation sites is 1. The summed E-state index contributed by atoms with van der Waals surface area (Å²) in [6.45, 7) is 3.88. The lowest BCUT2D eigenvalue weighted by molar-refractivity contribution is -0.384. The summed E-state index contributed by atoms with van der Waals surface area (Å²) in [7, 11) is 0. The average molecular weight is 252 g/mol. The Kier molecular flexibility index (Phi) is 3.30. The third-order valence-corrected chi connectivity index (χ3v) is 2.87. The smallest absolute Gasteiger partial charge is 0.258 e. The van der Waals surface area contributed by atoms with Gasteiger partial charge in [-0.05, 0) is 31.5 Å². The molecule has 0 fully saturated rings. The van der Waals surface area contributed by atoms with Gasteiger partial charge >= 0.3 is 0 Å². The zero-order valence-corrected chi connectivity index (χ0v) is 10.7. The van der Waals surface area contributed by atoms with Crippen molar-refractivity contribution in [1.29, 1.82) is 5.26 Å². The summed E-state index contributed by atoms with van der Waals surface area (Å²) in [6, 6.07) is 12.5. The lowest BCUT2D eigenvalue weighted by atomic mass is 9.97. The fraction of sp³-hybridized carbons (Fsp3) is 0.133. The number of rotatable bonds is 2. The number of nitro groups is 1. The van der Waals surface area contributed by atoms with Gasteiger partial charge < -0.3 is 0 Å². The molecule has 2 aromatic carbocycles. The summed E-state index contributed by atoms with van der Waals surface area (Å²) >= 11 is 0. The van der Waals surface area contributed by atoms with Crippen LogP contribution in [0.1, 0.15) is 16.7 Å². The normalized spacial score (nSPS) is 9.95. The van der Waals surface area contributed by atoms with Crippen LogP contribution >= 0.6 is 0 Å². The molecule has 0 saturated heterocycles. The van der Waals surface area contributed by atoms with Crippen LogP contribution in [0.15, 0.2) is 36.4 Å². The molecule has 0 amide bonds. The van der Waals surface area contributed by atoms with Crippen molar-refractivity contribution in [2.24, 2.45) is 0 Å². The zero-order chi connectivity index (χ0) is 14.0. The molecule has 0 atom stereocenters. The SMILES string of the molecule is Cc1cc(C)cc(-c2cccc(C#N)c2[N+](=O)[O-])c1. The van der Waals surface area contributed by atoms with E-state index in [0.29, 0.717) is 5.56 Å². The zero-order valence-electron chi connectivity index (χ0n) is 10.7. The van der Waals surface area contributed by atoms with Crippen LogP contribution in [0.25, 0.3) is 11.1 Å². The summed E-state index contributed by atoms with van der Waals surface area (Å²) in [5.74, 6) is 0. The number of nitrogens with zero attached hydrogens (tertiary/aromatic N) is 2. The average Bonchev–Trinajstić information content (AvgIpc) is 2.36. The Morgan fingerprint density at radius 1 is 1.16 bits per heavy atom. The van der Waals surface area contributed by atoms with Gasteiger partial charge in [-0.2, -0.15) is 5.26 Å². The van der Waals surface area contributed by atoms with E-state index in [0.717, 1.165) is 16.7 Å². The van der Waals surface area contributed by atoms with Gasteiger partial charge in [-0.25, -0.2) is 0 Å². The monoisotopic (exact) mass is 252 g/mol. The molecule has 0 radical (unpaired) electrons. The number of benzene rings is 2. The molecule has 0 spiro atoms. The summed E-state index contributed by atoms with van der Waals surface area (Å²) in [5, 5.41) is 20.2. The topological polar surface area (TPSA) is 66.9 Å². The Morgan fingerprint density at radius 3 is 2.32 bits per heavy atom. The van der Waals surface area contributed by atoms with Crippen molar-refractivity contribution in [2.75, 3.05) is 0 Å². The van der Waals surface area contributed by atoms with E-state index in [4.69, 9.17) is 5.26 Å². The highest BCUT2D eigenvalue weighted by Crippen LogP contribution is 2.33. The predicted molar refractivity (Wildman–Crippen MR) is 72.7 cm³/mol. The molecule has 0 bridgehead atoms. The van der Waals surface area contributed by atoms with E-state index < -0.39 is 4.92 Å². The standard InChI is InChI=1S/C15H12N2O2/c1-10-6-11(2)8-13(7-10)14-5-3-4-12(9-16)15(14)17(18)19/h3-8H,1-2H3. The van der Waals surface area contributed by atoms with Crippen LogP contribution in [-0.2, 0) is 0 Å². The van der Waals surface area contributed by atoms with Crippen LogP contribution in [0.5, 0.6) is 0 Å². The van der Waals surface area contributed by atoms with Crippen LogP contribution in [0.2, 0.25) is 0 Å². The molecule has 0 N–H and O–H groups in total. The Balaban J connectivity index is 2.75. The highest BCUT2D eigenvalue weighted by Gasteiger charge is 2.20. The second-order valence-corrected chi connectivity index (χ2v) is 4.45. The molecular formula is C15H12N2O2. The van der Waals surface area contributed by atoms with E-state index >= 15 is 0 Å². The minimum Gasteiger partial charge on any atom is -0.258 e. The number of hydrogen-bond acceptors (Lipinski definition) is 3. The van der Waals surface area contributed by atoms with Crippen LogP contribution < -0.4 is 0 Å². The molecule has 4 heteroatoms. The summed E-state index contributed by atoms with van der Waals surface area (Å²) in [4.78, 5) is 10.7. The number of aryl methyl sites for hydroxylation is 2. The molecule has 0 heterocycles. The molecule has 2 aromatic rings. The number of nitro benzene ring substituents is 1. The maximum absolute atomic E-state index is 11.2. The third-order valence-electron chi connectivity index (χ3n) is 2.87. The van der Waals surface area contributed by atoms with Gasteiger partial charge in [0.05, 0.1) is 10.5 Å². The first-order chi connectivity index (χ1) is 9.02. The van der Waals surface area contributed by atoms with E-state index in [1.54, 1.807) is 12.1 Å². The lowest BCUT2D eigenvalue weighted by Gasteiger charge is -2.07. The van der Waals surface area contributed by atoms with Gasteiger partial charge in [-0.15, -0.1) is 0 Å². The first kappa shape index (κ1) is 12.8. The maximum Gasteiger partial charge on any atom is 0.294 e. The van der Waals surface area contributed by atoms with Gasteiger partial charge in [-0.3, -0.25) is 10.1 Å². The third kappa shape index (κ3) is 2.45. The van der Waals surface area contributed by atoms with Crippen molar-refractivity contribution < 1.29 is 4.92 Å². The van der Waals surface area contributed by atoms with Gasteiger partial charge in [0, 0.05) is 0 Å². The van der Waals surface area contributed by atoms with Crippen LogP contribution in [0.4, 0.5) is 5.69 Å². The summed E-state index contributed by atoms with van der Waals surface area (Å²) < 4.78 is 0. The first-order valence-electron chi connectivity index (χ1n) is 5.79. The molecule has 0 aliphatic rings. The van der Waals surface area contributed by atoms with Gasteiger partial charge in [0.1, 0.15) is 11.6 Å². The van der Waals surface area contributed by atoms with Gasteiger partial charge in [0.25, 0.3) is 5.69 Å². The van der Waals surface area contributed by atoms with E-state index in [1.807, 2.05) is 38.1 Å². The fourth-order valence-corrected chi connectivity index (χ4v) is 2.19. The Labute approximate surface area is 111 Å². The molecular weight excluding hydrogens is 240 g/mol. The fourth-order valence-electron chi connectivity index (χ4n) is 2.19. The summed E-state index contributed by atoms with van der Waals surface area (Å²) in [5.41, 5.74) is 3.27. The molecule has 0 aromatic heterocycles. The number of hydrogen-bond donors (Lipinski definition) is 0. The Hall–Kier alpha value is -2.67. The van der Waals surface area contributed by atoms with Crippen molar-refractivity contribution in [1.82, 2.24) is 0 Å². The minimum absolute atomic E-state index is 0.0849. The quantitative estimate of drug-likeness (QED) is 0.603. The molecule has 19 heavy (non-hydrogen) atoms. The van der Waals surface area contributed by atoms with Crippen molar-refractivity contribution in [2.45, 2.75) is 13.8 Å². The van der Waals surface area contributed by atoms with E-state index in [1.165, 1.54) is 6.07 Å². The Morgan fingerprint density at radius 2 is 1.79 bits per heavy atom. The minimum atomic E-state index is -0.494. The van der Waals surface area contributed by atoms with E-state index in [2.05, 4.69) is 0 Å². The molecule has 2 rings (SSSR count). The summed E-state index contributed by atoms with van der Waals surface area (Å²) in [6.07, 6.45) is 0. The molecule has 0 saturated carbocycles. The van der Waals surface area contributed by atoms with Crippen LogP contribution in [0, 0.1) is 35.3 Å². The van der Waals surface area contributed by atoms with Crippen molar-refractivity contribution in [3.63, 3.8) is 0 Å². The van der Waals surface area contributed by atoms with Crippen molar-refractivity contribution in [3.8, 4) is 17.2 Å². The van der Waals surface area contributed by atoms with Crippen molar-refractivity contribution in [3.05, 3.63) is 63.2 Å². The number of nitriles is 1. The molecule has 0 aliphatic heterocycles. The first-order valence-corrected chi connectivity index (χ1v) is 5.79. The van der Waals surface area contributed by atoms with Gasteiger partial charge in [0.15, 0.2) is 0 Å². The van der Waals surface area contributed by atoms with Gasteiger partial charge in [-0.1, -0.05) is 35.4 Å². The second kappa shape index (κ2) is 4.91. The maximum atomic E-state index is 11.2. The molecule has 0 unspecified atom stereocenters. The van der Waals surface area contributed by atoms with Crippen molar-refractivity contribution >= 4 is 5.69 Å². The molecule has 4 nitrogen and oxygen atoms in total. The highest BCUT2D eigenvalue weighted by molar-refractivity contribution is 5.78. The lowest BCUT2D eigenvalue weighted by Crippen LogP contribution is -1.96. The Bertz CT molecular complexity index is 680.